The topological polar surface area (TPSA) is 41.6 Å². The summed E-state index contributed by atoms with van der Waals surface area (Å²) in [4.78, 5) is 14.1. The zero-order valence-electron chi connectivity index (χ0n) is 10.4. The van der Waals surface area contributed by atoms with Crippen molar-refractivity contribution in [3.8, 4) is 0 Å². The molecular weight excluding hydrogens is 216 g/mol. The molecule has 1 unspecified atom stereocenters. The molecule has 1 N–H and O–H groups in total. The van der Waals surface area contributed by atoms with E-state index in [2.05, 4.69) is 5.32 Å². The fourth-order valence-electron chi connectivity index (χ4n) is 3.56. The van der Waals surface area contributed by atoms with E-state index in [1.807, 2.05) is 4.90 Å². The van der Waals surface area contributed by atoms with Crippen LogP contribution in [0.4, 0.5) is 4.79 Å². The molecule has 0 aromatic heterocycles. The molecule has 1 spiro atoms. The lowest BCUT2D eigenvalue weighted by Crippen LogP contribution is -2.44. The Morgan fingerprint density at radius 2 is 2.12 bits per heavy atom. The number of carbonyl (C=O) groups excluding carboxylic acids is 1. The van der Waals surface area contributed by atoms with Crippen LogP contribution < -0.4 is 5.32 Å². The third-order valence-electron chi connectivity index (χ3n) is 4.65. The van der Waals surface area contributed by atoms with E-state index in [1.165, 1.54) is 32.1 Å². The van der Waals surface area contributed by atoms with Crippen molar-refractivity contribution in [3.63, 3.8) is 0 Å². The van der Waals surface area contributed by atoms with Crippen molar-refractivity contribution in [2.24, 2.45) is 5.41 Å². The van der Waals surface area contributed by atoms with E-state index in [0.29, 0.717) is 12.0 Å². The maximum atomic E-state index is 12.1. The van der Waals surface area contributed by atoms with Gasteiger partial charge in [0.05, 0.1) is 12.6 Å². The average Bonchev–Trinajstić information content (AvgIpc) is 3.03. The first-order valence-electron chi connectivity index (χ1n) is 6.91. The molecule has 2 heterocycles. The van der Waals surface area contributed by atoms with Crippen LogP contribution in [-0.4, -0.2) is 43.3 Å². The lowest BCUT2D eigenvalue weighted by atomic mass is 9.86. The molecule has 4 heteroatoms. The summed E-state index contributed by atoms with van der Waals surface area (Å²) in [5.41, 5.74) is 0.476. The van der Waals surface area contributed by atoms with E-state index in [1.54, 1.807) is 0 Å². The Morgan fingerprint density at radius 3 is 2.82 bits per heavy atom. The van der Waals surface area contributed by atoms with E-state index in [0.717, 1.165) is 26.1 Å². The molecule has 0 bridgehead atoms. The van der Waals surface area contributed by atoms with Crippen molar-refractivity contribution in [1.82, 2.24) is 10.2 Å². The summed E-state index contributed by atoms with van der Waals surface area (Å²) in [7, 11) is 0. The lowest BCUT2D eigenvalue weighted by molar-refractivity contribution is 0.179. The first-order chi connectivity index (χ1) is 8.27. The van der Waals surface area contributed by atoms with Crippen molar-refractivity contribution in [2.75, 3.05) is 26.3 Å². The molecule has 17 heavy (non-hydrogen) atoms. The lowest BCUT2D eigenvalue weighted by Gasteiger charge is -2.24. The fraction of sp³-hybridized carbons (Fsp3) is 0.923. The van der Waals surface area contributed by atoms with Gasteiger partial charge in [0.25, 0.3) is 0 Å². The van der Waals surface area contributed by atoms with Gasteiger partial charge in [-0.25, -0.2) is 4.79 Å². The van der Waals surface area contributed by atoms with E-state index < -0.39 is 0 Å². The summed E-state index contributed by atoms with van der Waals surface area (Å²) in [6, 6.07) is 0.368. The number of urea groups is 1. The van der Waals surface area contributed by atoms with Crippen LogP contribution in [0.2, 0.25) is 0 Å². The molecule has 4 nitrogen and oxygen atoms in total. The highest BCUT2D eigenvalue weighted by Crippen LogP contribution is 2.45. The van der Waals surface area contributed by atoms with Gasteiger partial charge < -0.3 is 15.0 Å². The van der Waals surface area contributed by atoms with Crippen molar-refractivity contribution < 1.29 is 9.53 Å². The van der Waals surface area contributed by atoms with Crippen LogP contribution in [-0.2, 0) is 4.74 Å². The molecule has 1 saturated carbocycles. The van der Waals surface area contributed by atoms with Crippen molar-refractivity contribution in [3.05, 3.63) is 0 Å². The highest BCUT2D eigenvalue weighted by Gasteiger charge is 2.41. The van der Waals surface area contributed by atoms with E-state index in [4.69, 9.17) is 4.74 Å². The highest BCUT2D eigenvalue weighted by molar-refractivity contribution is 5.75. The standard InChI is InChI=1S/C13H22N2O2/c16-12(14-11-3-8-17-9-11)15-7-6-13(10-15)4-1-2-5-13/h11H,1-10H2,(H,14,16). The quantitative estimate of drug-likeness (QED) is 0.756. The van der Waals surface area contributed by atoms with Gasteiger partial charge in [-0.2, -0.15) is 0 Å². The number of rotatable bonds is 1. The van der Waals surface area contributed by atoms with Crippen LogP contribution in [0.3, 0.4) is 0 Å². The van der Waals surface area contributed by atoms with Crippen LogP contribution in [0.5, 0.6) is 0 Å². The smallest absolute Gasteiger partial charge is 0.317 e. The number of amides is 2. The normalized spacial score (nSPS) is 31.3. The molecule has 3 rings (SSSR count). The monoisotopic (exact) mass is 238 g/mol. The van der Waals surface area contributed by atoms with Gasteiger partial charge in [0.1, 0.15) is 0 Å². The number of hydrogen-bond donors (Lipinski definition) is 1. The Labute approximate surface area is 103 Å². The number of hydrogen-bond acceptors (Lipinski definition) is 2. The highest BCUT2D eigenvalue weighted by atomic mass is 16.5. The molecule has 1 aliphatic carbocycles. The Bertz CT molecular complexity index is 294. The second-order valence-corrected chi connectivity index (χ2v) is 5.89. The molecule has 0 aromatic carbocycles. The molecular formula is C13H22N2O2. The number of carbonyl (C=O) groups is 1. The number of nitrogens with zero attached hydrogens (tertiary/aromatic N) is 1. The van der Waals surface area contributed by atoms with Gasteiger partial charge in [-0.15, -0.1) is 0 Å². The zero-order chi connectivity index (χ0) is 11.7. The van der Waals surface area contributed by atoms with Gasteiger partial charge >= 0.3 is 6.03 Å². The van der Waals surface area contributed by atoms with Gasteiger partial charge in [0, 0.05) is 19.7 Å². The minimum Gasteiger partial charge on any atom is -0.379 e. The fourth-order valence-corrected chi connectivity index (χ4v) is 3.56. The summed E-state index contributed by atoms with van der Waals surface area (Å²) in [6.07, 6.45) is 7.52. The average molecular weight is 238 g/mol. The summed E-state index contributed by atoms with van der Waals surface area (Å²) in [5, 5.41) is 3.09. The van der Waals surface area contributed by atoms with Gasteiger partial charge in [-0.3, -0.25) is 0 Å². The Morgan fingerprint density at radius 1 is 1.29 bits per heavy atom. The predicted octanol–water partition coefficient (Wildman–Crippen LogP) is 1.75. The molecule has 2 amide bonds. The minimum absolute atomic E-state index is 0.129. The number of likely N-dealkylation sites (tertiary alicyclic amines) is 1. The van der Waals surface area contributed by atoms with Crippen LogP contribution in [0.15, 0.2) is 0 Å². The first kappa shape index (κ1) is 11.3. The molecule has 3 aliphatic rings. The van der Waals surface area contributed by atoms with Gasteiger partial charge in [0.15, 0.2) is 0 Å². The molecule has 2 aliphatic heterocycles. The molecule has 96 valence electrons. The van der Waals surface area contributed by atoms with Gasteiger partial charge in [-0.05, 0) is 31.1 Å². The summed E-state index contributed by atoms with van der Waals surface area (Å²) in [5.74, 6) is 0. The van der Waals surface area contributed by atoms with Crippen LogP contribution in [0.1, 0.15) is 38.5 Å². The van der Waals surface area contributed by atoms with Crippen LogP contribution in [0, 0.1) is 5.41 Å². The molecule has 3 fully saturated rings. The molecule has 0 radical (unpaired) electrons. The maximum absolute atomic E-state index is 12.1. The van der Waals surface area contributed by atoms with E-state index in [-0.39, 0.29) is 12.1 Å². The largest absolute Gasteiger partial charge is 0.379 e. The SMILES string of the molecule is O=C(NC1CCOC1)N1CCC2(CCCC2)C1. The van der Waals surface area contributed by atoms with E-state index >= 15 is 0 Å². The minimum atomic E-state index is 0.129. The predicted molar refractivity (Wildman–Crippen MR) is 64.8 cm³/mol. The van der Waals surface area contributed by atoms with Crippen LogP contribution in [0.25, 0.3) is 0 Å². The second kappa shape index (κ2) is 4.48. The molecule has 0 aromatic rings. The zero-order valence-corrected chi connectivity index (χ0v) is 10.4. The third kappa shape index (κ3) is 2.28. The summed E-state index contributed by atoms with van der Waals surface area (Å²) < 4.78 is 5.28. The van der Waals surface area contributed by atoms with Crippen LogP contribution >= 0.6 is 0 Å². The first-order valence-corrected chi connectivity index (χ1v) is 6.91. The molecule has 2 saturated heterocycles. The third-order valence-corrected chi connectivity index (χ3v) is 4.65. The Kier molecular flexibility index (Phi) is 2.99. The maximum Gasteiger partial charge on any atom is 0.317 e. The number of nitrogens with one attached hydrogen (secondary N) is 1. The van der Waals surface area contributed by atoms with Crippen molar-refractivity contribution in [1.29, 1.82) is 0 Å². The van der Waals surface area contributed by atoms with Crippen molar-refractivity contribution in [2.45, 2.75) is 44.6 Å². The summed E-state index contributed by atoms with van der Waals surface area (Å²) >= 11 is 0. The second-order valence-electron chi connectivity index (χ2n) is 5.89. The van der Waals surface area contributed by atoms with Gasteiger partial charge in [-0.1, -0.05) is 12.8 Å². The van der Waals surface area contributed by atoms with E-state index in [9.17, 15) is 4.79 Å². The van der Waals surface area contributed by atoms with Crippen molar-refractivity contribution >= 4 is 6.03 Å². The molecule has 1 atom stereocenters. The summed E-state index contributed by atoms with van der Waals surface area (Å²) in [6.45, 7) is 3.39. The number of ether oxygens (including phenoxy) is 1. The van der Waals surface area contributed by atoms with Gasteiger partial charge in [0.2, 0.25) is 0 Å². The Balaban J connectivity index is 1.53. The Hall–Kier alpha value is -0.770.